The predicted molar refractivity (Wildman–Crippen MR) is 85.9 cm³/mol. The Labute approximate surface area is 139 Å². The Balaban J connectivity index is 2.00. The van der Waals surface area contributed by atoms with Crippen LogP contribution in [0.15, 0.2) is 48.5 Å². The van der Waals surface area contributed by atoms with Crippen LogP contribution in [0.5, 0.6) is 11.5 Å². The molecule has 1 heterocycles. The van der Waals surface area contributed by atoms with E-state index < -0.39 is 12.2 Å². The van der Waals surface area contributed by atoms with Gasteiger partial charge < -0.3 is 14.2 Å². The minimum Gasteiger partial charge on any atom is -0.497 e. The number of esters is 1. The standard InChI is InChI=1S/C18H17NO5/c1-22-13-9-7-12(8-10-13)18-19(11-16(20)23-2)17(21)14-5-3-4-6-15(14)24-18/h3-10,18H,11H2,1-2H3. The summed E-state index contributed by atoms with van der Waals surface area (Å²) in [5.74, 6) is 0.401. The molecule has 0 N–H and O–H groups in total. The maximum Gasteiger partial charge on any atom is 0.325 e. The molecule has 0 bridgehead atoms. The lowest BCUT2D eigenvalue weighted by Gasteiger charge is -2.36. The molecule has 124 valence electrons. The first-order valence-electron chi connectivity index (χ1n) is 7.41. The number of ether oxygens (including phenoxy) is 3. The third kappa shape index (κ3) is 2.90. The topological polar surface area (TPSA) is 65.1 Å². The first-order valence-corrected chi connectivity index (χ1v) is 7.41. The van der Waals surface area contributed by atoms with Crippen LogP contribution in [0.1, 0.15) is 22.1 Å². The van der Waals surface area contributed by atoms with Crippen LogP contribution in [0.2, 0.25) is 0 Å². The van der Waals surface area contributed by atoms with Crippen LogP contribution in [0.3, 0.4) is 0 Å². The number of carbonyl (C=O) groups is 2. The van der Waals surface area contributed by atoms with Gasteiger partial charge in [0, 0.05) is 5.56 Å². The number of amides is 1. The van der Waals surface area contributed by atoms with Gasteiger partial charge in [0.1, 0.15) is 18.0 Å². The predicted octanol–water partition coefficient (Wildman–Crippen LogP) is 2.40. The van der Waals surface area contributed by atoms with E-state index in [2.05, 4.69) is 0 Å². The van der Waals surface area contributed by atoms with E-state index in [0.717, 1.165) is 5.56 Å². The number of nitrogens with zero attached hydrogens (tertiary/aromatic N) is 1. The first kappa shape index (κ1) is 15.9. The van der Waals surface area contributed by atoms with E-state index in [4.69, 9.17) is 14.2 Å². The largest absolute Gasteiger partial charge is 0.497 e. The van der Waals surface area contributed by atoms with E-state index in [-0.39, 0.29) is 12.5 Å². The monoisotopic (exact) mass is 327 g/mol. The highest BCUT2D eigenvalue weighted by Gasteiger charge is 2.36. The third-order valence-electron chi connectivity index (χ3n) is 3.83. The van der Waals surface area contributed by atoms with Crippen molar-refractivity contribution in [1.82, 2.24) is 4.90 Å². The Morgan fingerprint density at radius 3 is 2.50 bits per heavy atom. The van der Waals surface area contributed by atoms with E-state index in [1.54, 1.807) is 55.6 Å². The smallest absolute Gasteiger partial charge is 0.325 e. The molecule has 0 spiro atoms. The quantitative estimate of drug-likeness (QED) is 0.807. The van der Waals surface area contributed by atoms with Crippen LogP contribution in [0.25, 0.3) is 0 Å². The van der Waals surface area contributed by atoms with Crippen LogP contribution in [0.4, 0.5) is 0 Å². The Bertz CT molecular complexity index is 756. The molecule has 6 nitrogen and oxygen atoms in total. The minimum atomic E-state index is -0.711. The molecule has 0 saturated heterocycles. The fourth-order valence-electron chi connectivity index (χ4n) is 2.57. The summed E-state index contributed by atoms with van der Waals surface area (Å²) < 4.78 is 15.8. The van der Waals surface area contributed by atoms with Crippen LogP contribution in [-0.4, -0.2) is 37.5 Å². The van der Waals surface area contributed by atoms with Gasteiger partial charge in [0.2, 0.25) is 6.23 Å². The fourth-order valence-corrected chi connectivity index (χ4v) is 2.57. The molecular formula is C18H17NO5. The molecule has 24 heavy (non-hydrogen) atoms. The molecule has 2 aromatic rings. The summed E-state index contributed by atoms with van der Waals surface area (Å²) in [4.78, 5) is 25.9. The molecule has 0 radical (unpaired) electrons. The van der Waals surface area contributed by atoms with E-state index in [1.807, 2.05) is 0 Å². The molecule has 2 aromatic carbocycles. The van der Waals surface area contributed by atoms with Crippen molar-refractivity contribution in [2.24, 2.45) is 0 Å². The summed E-state index contributed by atoms with van der Waals surface area (Å²) in [7, 11) is 2.86. The Morgan fingerprint density at radius 1 is 1.12 bits per heavy atom. The summed E-state index contributed by atoms with van der Waals surface area (Å²) >= 11 is 0. The van der Waals surface area contributed by atoms with Gasteiger partial charge >= 0.3 is 5.97 Å². The van der Waals surface area contributed by atoms with Crippen molar-refractivity contribution >= 4 is 11.9 Å². The van der Waals surface area contributed by atoms with E-state index in [0.29, 0.717) is 17.1 Å². The van der Waals surface area contributed by atoms with E-state index >= 15 is 0 Å². The molecule has 0 aliphatic carbocycles. The van der Waals surface area contributed by atoms with Gasteiger partial charge in [0.25, 0.3) is 5.91 Å². The molecule has 0 fully saturated rings. The van der Waals surface area contributed by atoms with Crippen molar-refractivity contribution in [3.05, 3.63) is 59.7 Å². The van der Waals surface area contributed by atoms with Gasteiger partial charge in [-0.15, -0.1) is 0 Å². The molecule has 3 rings (SSSR count). The zero-order chi connectivity index (χ0) is 17.1. The molecule has 1 aliphatic rings. The number of carbonyl (C=O) groups excluding carboxylic acids is 2. The van der Waals surface area contributed by atoms with Gasteiger partial charge in [-0.2, -0.15) is 0 Å². The highest BCUT2D eigenvalue weighted by Crippen LogP contribution is 2.35. The lowest BCUT2D eigenvalue weighted by Crippen LogP contribution is -2.44. The second-order valence-corrected chi connectivity index (χ2v) is 5.25. The number of benzene rings is 2. The molecule has 1 atom stereocenters. The molecular weight excluding hydrogens is 310 g/mol. The normalized spacial score (nSPS) is 16.2. The number of hydrogen-bond acceptors (Lipinski definition) is 5. The molecule has 1 unspecified atom stereocenters. The van der Waals surface area contributed by atoms with Gasteiger partial charge in [-0.25, -0.2) is 0 Å². The van der Waals surface area contributed by atoms with Crippen molar-refractivity contribution < 1.29 is 23.8 Å². The van der Waals surface area contributed by atoms with Crippen molar-refractivity contribution in [2.45, 2.75) is 6.23 Å². The summed E-state index contributed by atoms with van der Waals surface area (Å²) in [6, 6.07) is 14.1. The molecule has 0 saturated carbocycles. The van der Waals surface area contributed by atoms with Gasteiger partial charge in [0.05, 0.1) is 19.8 Å². The highest BCUT2D eigenvalue weighted by atomic mass is 16.5. The molecule has 1 aliphatic heterocycles. The van der Waals surface area contributed by atoms with Gasteiger partial charge in [-0.05, 0) is 36.4 Å². The van der Waals surface area contributed by atoms with Crippen molar-refractivity contribution in [1.29, 1.82) is 0 Å². The maximum absolute atomic E-state index is 12.8. The van der Waals surface area contributed by atoms with E-state index in [9.17, 15) is 9.59 Å². The second-order valence-electron chi connectivity index (χ2n) is 5.25. The number of fused-ring (bicyclic) bond motifs is 1. The zero-order valence-corrected chi connectivity index (χ0v) is 13.4. The Kier molecular flexibility index (Phi) is 4.37. The average Bonchev–Trinajstić information content (AvgIpc) is 2.64. The fraction of sp³-hybridized carbons (Fsp3) is 0.222. The third-order valence-corrected chi connectivity index (χ3v) is 3.83. The summed E-state index contributed by atoms with van der Waals surface area (Å²) in [5, 5.41) is 0. The lowest BCUT2D eigenvalue weighted by atomic mass is 10.1. The van der Waals surface area contributed by atoms with Crippen LogP contribution in [-0.2, 0) is 9.53 Å². The van der Waals surface area contributed by atoms with Crippen LogP contribution >= 0.6 is 0 Å². The van der Waals surface area contributed by atoms with E-state index in [1.165, 1.54) is 12.0 Å². The molecule has 1 amide bonds. The number of hydrogen-bond donors (Lipinski definition) is 0. The maximum atomic E-state index is 12.8. The summed E-state index contributed by atoms with van der Waals surface area (Å²) in [5.41, 5.74) is 1.16. The Hall–Kier alpha value is -3.02. The average molecular weight is 327 g/mol. The van der Waals surface area contributed by atoms with Crippen LogP contribution in [0, 0.1) is 0 Å². The zero-order valence-electron chi connectivity index (χ0n) is 13.4. The molecule has 6 heteroatoms. The number of methoxy groups -OCH3 is 2. The van der Waals surface area contributed by atoms with Gasteiger partial charge in [0.15, 0.2) is 0 Å². The van der Waals surface area contributed by atoms with Gasteiger partial charge in [-0.3, -0.25) is 14.5 Å². The number of para-hydroxylation sites is 1. The van der Waals surface area contributed by atoms with Crippen molar-refractivity contribution in [3.63, 3.8) is 0 Å². The van der Waals surface area contributed by atoms with Crippen LogP contribution < -0.4 is 9.47 Å². The SMILES string of the molecule is COC(=O)CN1C(=O)c2ccccc2OC1c1ccc(OC)cc1. The lowest BCUT2D eigenvalue weighted by molar-refractivity contribution is -0.143. The van der Waals surface area contributed by atoms with Gasteiger partial charge in [-0.1, -0.05) is 12.1 Å². The highest BCUT2D eigenvalue weighted by molar-refractivity contribution is 5.99. The Morgan fingerprint density at radius 2 is 1.83 bits per heavy atom. The second kappa shape index (κ2) is 6.62. The summed E-state index contributed by atoms with van der Waals surface area (Å²) in [6.07, 6.45) is -0.711. The molecule has 0 aromatic heterocycles. The minimum absolute atomic E-state index is 0.194. The first-order chi connectivity index (χ1) is 11.6. The number of rotatable bonds is 4. The summed E-state index contributed by atoms with van der Waals surface area (Å²) in [6.45, 7) is -0.194. The van der Waals surface area contributed by atoms with Crippen molar-refractivity contribution in [3.8, 4) is 11.5 Å². The van der Waals surface area contributed by atoms with Crippen molar-refractivity contribution in [2.75, 3.05) is 20.8 Å².